The van der Waals surface area contributed by atoms with Gasteiger partial charge in [0, 0.05) is 51.3 Å². The maximum absolute atomic E-state index is 6.12. The van der Waals surface area contributed by atoms with E-state index >= 15 is 0 Å². The van der Waals surface area contributed by atoms with Crippen molar-refractivity contribution < 1.29 is 4.74 Å². The lowest BCUT2D eigenvalue weighted by Crippen LogP contribution is -2.49. The molecule has 27 heavy (non-hydrogen) atoms. The van der Waals surface area contributed by atoms with E-state index in [-0.39, 0.29) is 5.41 Å². The molecule has 0 amide bonds. The molecule has 2 aliphatic heterocycles. The van der Waals surface area contributed by atoms with E-state index in [1.807, 2.05) is 0 Å². The molecule has 2 atom stereocenters. The van der Waals surface area contributed by atoms with Gasteiger partial charge in [0.1, 0.15) is 0 Å². The molecule has 0 saturated carbocycles. The van der Waals surface area contributed by atoms with Crippen LogP contribution < -0.4 is 10.6 Å². The molecular formula is C22H42N4O. The first-order valence-electron chi connectivity index (χ1n) is 10.8. The Kier molecular flexibility index (Phi) is 8.62. The lowest BCUT2D eigenvalue weighted by molar-refractivity contribution is -0.0823. The van der Waals surface area contributed by atoms with Gasteiger partial charge in [-0.05, 0) is 44.9 Å². The summed E-state index contributed by atoms with van der Waals surface area (Å²) in [5.74, 6) is 1.47. The summed E-state index contributed by atoms with van der Waals surface area (Å²) in [5, 5.41) is 7.11. The average Bonchev–Trinajstić information content (AvgIpc) is 2.60. The second kappa shape index (κ2) is 10.5. The summed E-state index contributed by atoms with van der Waals surface area (Å²) < 4.78 is 6.12. The fourth-order valence-corrected chi connectivity index (χ4v) is 4.33. The summed E-state index contributed by atoms with van der Waals surface area (Å²) in [6, 6.07) is 0.505. The van der Waals surface area contributed by atoms with Crippen molar-refractivity contribution in [3.05, 3.63) is 12.2 Å². The minimum Gasteiger partial charge on any atom is -0.377 e. The van der Waals surface area contributed by atoms with E-state index in [9.17, 15) is 0 Å². The third kappa shape index (κ3) is 7.46. The van der Waals surface area contributed by atoms with Gasteiger partial charge in [0.25, 0.3) is 0 Å². The summed E-state index contributed by atoms with van der Waals surface area (Å²) in [6.07, 6.45) is 4.98. The van der Waals surface area contributed by atoms with E-state index in [0.29, 0.717) is 18.1 Å². The van der Waals surface area contributed by atoms with Gasteiger partial charge in [-0.3, -0.25) is 9.89 Å². The molecule has 2 rings (SSSR count). The summed E-state index contributed by atoms with van der Waals surface area (Å²) in [6.45, 7) is 21.0. The highest BCUT2D eigenvalue weighted by atomic mass is 16.5. The Morgan fingerprint density at radius 1 is 1.22 bits per heavy atom. The predicted molar refractivity (Wildman–Crippen MR) is 115 cm³/mol. The normalized spacial score (nSPS) is 26.0. The zero-order valence-corrected chi connectivity index (χ0v) is 18.3. The molecule has 0 aromatic carbocycles. The SMILES string of the molecule is C=C(C)CN1CCC(NC(=NCC2CCCOC2C(C)(C)C)NCC)CC1. The van der Waals surface area contributed by atoms with E-state index in [0.717, 1.165) is 64.6 Å². The van der Waals surface area contributed by atoms with Gasteiger partial charge in [0.05, 0.1) is 6.10 Å². The van der Waals surface area contributed by atoms with Crippen molar-refractivity contribution in [2.24, 2.45) is 16.3 Å². The van der Waals surface area contributed by atoms with Crippen LogP contribution in [0.4, 0.5) is 0 Å². The number of ether oxygens (including phenoxy) is 1. The third-order valence-electron chi connectivity index (χ3n) is 5.55. The smallest absolute Gasteiger partial charge is 0.191 e. The van der Waals surface area contributed by atoms with Crippen LogP contribution in [0.25, 0.3) is 0 Å². The summed E-state index contributed by atoms with van der Waals surface area (Å²) >= 11 is 0. The summed E-state index contributed by atoms with van der Waals surface area (Å²) in [4.78, 5) is 7.45. The third-order valence-corrected chi connectivity index (χ3v) is 5.55. The molecule has 5 heteroatoms. The Bertz CT molecular complexity index is 489. The molecule has 5 nitrogen and oxygen atoms in total. The molecule has 156 valence electrons. The van der Waals surface area contributed by atoms with E-state index in [1.165, 1.54) is 12.0 Å². The first-order chi connectivity index (χ1) is 12.8. The number of hydrogen-bond donors (Lipinski definition) is 2. The highest BCUT2D eigenvalue weighted by Crippen LogP contribution is 2.34. The van der Waals surface area contributed by atoms with E-state index in [4.69, 9.17) is 9.73 Å². The van der Waals surface area contributed by atoms with Gasteiger partial charge in [0.15, 0.2) is 5.96 Å². The van der Waals surface area contributed by atoms with Crippen LogP contribution in [0.15, 0.2) is 17.1 Å². The van der Waals surface area contributed by atoms with Gasteiger partial charge in [-0.15, -0.1) is 0 Å². The average molecular weight is 379 g/mol. The largest absolute Gasteiger partial charge is 0.377 e. The highest BCUT2D eigenvalue weighted by molar-refractivity contribution is 5.80. The Morgan fingerprint density at radius 2 is 1.93 bits per heavy atom. The molecule has 0 spiro atoms. The van der Waals surface area contributed by atoms with E-state index < -0.39 is 0 Å². The zero-order chi connectivity index (χ0) is 19.9. The van der Waals surface area contributed by atoms with Gasteiger partial charge in [-0.1, -0.05) is 32.9 Å². The zero-order valence-electron chi connectivity index (χ0n) is 18.3. The van der Waals surface area contributed by atoms with Crippen LogP contribution in [0.3, 0.4) is 0 Å². The number of hydrogen-bond acceptors (Lipinski definition) is 3. The van der Waals surface area contributed by atoms with Crippen LogP contribution in [0, 0.1) is 11.3 Å². The quantitative estimate of drug-likeness (QED) is 0.422. The second-order valence-corrected chi connectivity index (χ2v) is 9.43. The standard InChI is InChI=1S/C22H42N4O/c1-7-23-21(25-19-10-12-26(13-11-19)16-17(2)3)24-15-18-9-8-14-27-20(18)22(4,5)6/h18-20H,2,7-16H2,1,3-6H3,(H2,23,24,25). The number of piperidine rings is 1. The molecule has 0 aromatic rings. The number of nitrogens with zero attached hydrogens (tertiary/aromatic N) is 2. The number of rotatable bonds is 6. The highest BCUT2D eigenvalue weighted by Gasteiger charge is 2.35. The van der Waals surface area contributed by atoms with Gasteiger partial charge >= 0.3 is 0 Å². The molecule has 0 aromatic heterocycles. The Morgan fingerprint density at radius 3 is 2.52 bits per heavy atom. The van der Waals surface area contributed by atoms with Crippen LogP contribution in [0.5, 0.6) is 0 Å². The molecule has 0 aliphatic carbocycles. The van der Waals surface area contributed by atoms with Crippen LogP contribution in [0.1, 0.15) is 60.3 Å². The van der Waals surface area contributed by atoms with Crippen molar-refractivity contribution >= 4 is 5.96 Å². The summed E-state index contributed by atoms with van der Waals surface area (Å²) in [5.41, 5.74) is 1.42. The van der Waals surface area contributed by atoms with Gasteiger partial charge in [-0.2, -0.15) is 0 Å². The molecule has 0 bridgehead atoms. The molecule has 2 unspecified atom stereocenters. The van der Waals surface area contributed by atoms with Crippen LogP contribution >= 0.6 is 0 Å². The number of nitrogens with one attached hydrogen (secondary N) is 2. The number of guanidine groups is 1. The van der Waals surface area contributed by atoms with E-state index in [2.05, 4.69) is 56.7 Å². The second-order valence-electron chi connectivity index (χ2n) is 9.43. The van der Waals surface area contributed by atoms with Crippen LogP contribution in [-0.4, -0.2) is 62.3 Å². The maximum atomic E-state index is 6.12. The summed E-state index contributed by atoms with van der Waals surface area (Å²) in [7, 11) is 0. The molecular weight excluding hydrogens is 336 g/mol. The minimum absolute atomic E-state index is 0.169. The topological polar surface area (TPSA) is 48.9 Å². The van der Waals surface area contributed by atoms with Crippen LogP contribution in [0.2, 0.25) is 0 Å². The van der Waals surface area contributed by atoms with Crippen LogP contribution in [-0.2, 0) is 4.74 Å². The van der Waals surface area contributed by atoms with Crippen molar-refractivity contribution in [1.29, 1.82) is 0 Å². The predicted octanol–water partition coefficient (Wildman–Crippen LogP) is 3.42. The molecule has 2 fully saturated rings. The van der Waals surface area contributed by atoms with Crippen molar-refractivity contribution in [2.75, 3.05) is 39.3 Å². The molecule has 2 aliphatic rings. The van der Waals surface area contributed by atoms with E-state index in [1.54, 1.807) is 0 Å². The fourth-order valence-electron chi connectivity index (χ4n) is 4.33. The molecule has 2 N–H and O–H groups in total. The monoisotopic (exact) mass is 378 g/mol. The fraction of sp³-hybridized carbons (Fsp3) is 0.864. The molecule has 0 radical (unpaired) electrons. The van der Waals surface area contributed by atoms with Gasteiger partial charge in [-0.25, -0.2) is 0 Å². The van der Waals surface area contributed by atoms with Crippen molar-refractivity contribution in [3.63, 3.8) is 0 Å². The molecule has 2 saturated heterocycles. The lowest BCUT2D eigenvalue weighted by atomic mass is 9.78. The number of likely N-dealkylation sites (tertiary alicyclic amines) is 1. The maximum Gasteiger partial charge on any atom is 0.191 e. The number of aliphatic imine (C=N–C) groups is 1. The Balaban J connectivity index is 1.89. The molecule has 2 heterocycles. The van der Waals surface area contributed by atoms with Crippen molar-refractivity contribution in [3.8, 4) is 0 Å². The first-order valence-corrected chi connectivity index (χ1v) is 10.8. The van der Waals surface area contributed by atoms with Gasteiger partial charge in [0.2, 0.25) is 0 Å². The van der Waals surface area contributed by atoms with Crippen molar-refractivity contribution in [2.45, 2.75) is 72.4 Å². The lowest BCUT2D eigenvalue weighted by Gasteiger charge is -2.39. The van der Waals surface area contributed by atoms with Crippen molar-refractivity contribution in [1.82, 2.24) is 15.5 Å². The van der Waals surface area contributed by atoms with Gasteiger partial charge < -0.3 is 15.4 Å². The first kappa shape index (κ1) is 22.2. The minimum atomic E-state index is 0.169. The Labute approximate surface area is 167 Å². The Hall–Kier alpha value is -1.07.